The number of carbonyl (C=O) groups is 2. The third-order valence-corrected chi connectivity index (χ3v) is 6.73. The Labute approximate surface area is 189 Å². The number of fused-ring (bicyclic) bond motifs is 3. The molecule has 32 heavy (non-hydrogen) atoms. The van der Waals surface area contributed by atoms with Crippen LogP contribution in [0.15, 0.2) is 36.4 Å². The highest BCUT2D eigenvalue weighted by Gasteiger charge is 2.47. The molecule has 9 heteroatoms. The first-order chi connectivity index (χ1) is 15.5. The van der Waals surface area contributed by atoms with Gasteiger partial charge in [-0.15, -0.1) is 0 Å². The van der Waals surface area contributed by atoms with Crippen LogP contribution in [0.25, 0.3) is 0 Å². The summed E-state index contributed by atoms with van der Waals surface area (Å²) in [5.41, 5.74) is 0.450. The molecule has 1 aliphatic heterocycles. The Morgan fingerprint density at radius 2 is 1.84 bits per heavy atom. The van der Waals surface area contributed by atoms with Gasteiger partial charge in [-0.25, -0.2) is 4.39 Å². The van der Waals surface area contributed by atoms with Gasteiger partial charge in [-0.05, 0) is 55.4 Å². The molecule has 2 N–H and O–H groups in total. The number of hydrogen-bond acceptors (Lipinski definition) is 5. The summed E-state index contributed by atoms with van der Waals surface area (Å²) >= 11 is 5.66. The van der Waals surface area contributed by atoms with Crippen LogP contribution in [0.3, 0.4) is 0 Å². The average Bonchev–Trinajstić information content (AvgIpc) is 3.22. The van der Waals surface area contributed by atoms with Gasteiger partial charge in [0, 0.05) is 18.2 Å². The molecule has 2 atom stereocenters. The van der Waals surface area contributed by atoms with E-state index in [1.807, 2.05) is 0 Å². The first-order valence-corrected chi connectivity index (χ1v) is 10.9. The highest BCUT2D eigenvalue weighted by Crippen LogP contribution is 2.46. The van der Waals surface area contributed by atoms with E-state index in [0.717, 1.165) is 18.9 Å². The molecular weight excluding hydrogens is 439 g/mol. The second kappa shape index (κ2) is 8.50. The van der Waals surface area contributed by atoms with E-state index in [1.54, 1.807) is 18.2 Å². The fraction of sp³-hybridized carbons (Fsp3) is 0.391. The Kier molecular flexibility index (Phi) is 5.55. The molecule has 3 fully saturated rings. The van der Waals surface area contributed by atoms with E-state index in [2.05, 4.69) is 10.6 Å². The van der Waals surface area contributed by atoms with Crippen LogP contribution in [-0.4, -0.2) is 37.3 Å². The predicted molar refractivity (Wildman–Crippen MR) is 113 cm³/mol. The largest absolute Gasteiger partial charge is 0.484 e. The molecule has 2 aromatic carbocycles. The van der Waals surface area contributed by atoms with Crippen LogP contribution < -0.4 is 24.8 Å². The minimum Gasteiger partial charge on any atom is -0.484 e. The van der Waals surface area contributed by atoms with E-state index in [4.69, 9.17) is 25.8 Å². The van der Waals surface area contributed by atoms with Crippen molar-refractivity contribution in [3.63, 3.8) is 0 Å². The quantitative estimate of drug-likeness (QED) is 0.691. The average molecular weight is 461 g/mol. The molecule has 0 saturated heterocycles. The number of rotatable bonds is 6. The highest BCUT2D eigenvalue weighted by atomic mass is 35.5. The molecule has 2 bridgehead atoms. The van der Waals surface area contributed by atoms with Crippen molar-refractivity contribution >= 4 is 23.4 Å². The SMILES string of the molecule is O=C(COc1ccc(Cl)c(F)c1)N[C@@H]1CC(NC(=O)c2cccc3c2OCO3)C2CC1C2. The van der Waals surface area contributed by atoms with Crippen LogP contribution in [0.2, 0.25) is 5.02 Å². The first-order valence-electron chi connectivity index (χ1n) is 10.5. The summed E-state index contributed by atoms with van der Waals surface area (Å²) in [5, 5.41) is 6.12. The van der Waals surface area contributed by atoms with Crippen molar-refractivity contribution in [2.45, 2.75) is 31.3 Å². The zero-order valence-electron chi connectivity index (χ0n) is 17.1. The summed E-state index contributed by atoms with van der Waals surface area (Å²) in [4.78, 5) is 25.3. The molecular formula is C23H22ClFN2O5. The fourth-order valence-corrected chi connectivity index (χ4v) is 4.81. The lowest BCUT2D eigenvalue weighted by Gasteiger charge is -2.51. The Hall–Kier alpha value is -3.00. The van der Waals surface area contributed by atoms with Crippen LogP contribution >= 0.6 is 11.6 Å². The highest BCUT2D eigenvalue weighted by molar-refractivity contribution is 6.30. The molecule has 0 aromatic heterocycles. The van der Waals surface area contributed by atoms with Crippen LogP contribution in [0.4, 0.5) is 4.39 Å². The molecule has 2 aromatic rings. The Morgan fingerprint density at radius 3 is 2.62 bits per heavy atom. The Bertz CT molecular complexity index is 1060. The van der Waals surface area contributed by atoms with Gasteiger partial charge in [-0.1, -0.05) is 17.7 Å². The van der Waals surface area contributed by atoms with E-state index >= 15 is 0 Å². The van der Waals surface area contributed by atoms with Gasteiger partial charge >= 0.3 is 0 Å². The van der Waals surface area contributed by atoms with Crippen LogP contribution in [0.5, 0.6) is 17.2 Å². The standard InChI is InChI=1S/C23H22ClFN2O5/c24-16-5-4-14(8-17(16)25)30-10-21(28)26-18-9-19(13-6-12(18)7-13)27-23(29)15-2-1-3-20-22(15)32-11-31-20/h1-5,8,12-13,18-19H,6-7,9-11H2,(H,26,28)(H,27,29)/t12?,13?,18-,19?/m1/s1. The summed E-state index contributed by atoms with van der Waals surface area (Å²) < 4.78 is 29.7. The number of hydrogen-bond donors (Lipinski definition) is 2. The van der Waals surface area contributed by atoms with Gasteiger partial charge in [-0.2, -0.15) is 0 Å². The van der Waals surface area contributed by atoms with Gasteiger partial charge in [0.05, 0.1) is 10.6 Å². The maximum Gasteiger partial charge on any atom is 0.258 e. The predicted octanol–water partition coefficient (Wildman–Crippen LogP) is 3.30. The molecule has 1 heterocycles. The smallest absolute Gasteiger partial charge is 0.258 e. The fourth-order valence-electron chi connectivity index (χ4n) is 4.70. The molecule has 3 aliphatic carbocycles. The third-order valence-electron chi connectivity index (χ3n) is 6.42. The van der Waals surface area contributed by atoms with Crippen molar-refractivity contribution in [3.05, 3.63) is 52.8 Å². The lowest BCUT2D eigenvalue weighted by atomic mass is 9.60. The minimum absolute atomic E-state index is 0.00354. The normalized spacial score (nSPS) is 24.9. The zero-order valence-corrected chi connectivity index (χ0v) is 17.9. The van der Waals surface area contributed by atoms with Crippen molar-refractivity contribution in [3.8, 4) is 17.2 Å². The number of para-hydroxylation sites is 1. The molecule has 6 rings (SSSR count). The number of amides is 2. The number of halogens is 2. The Balaban J connectivity index is 1.16. The molecule has 0 spiro atoms. The maximum atomic E-state index is 13.5. The van der Waals surface area contributed by atoms with E-state index in [0.29, 0.717) is 35.3 Å². The van der Waals surface area contributed by atoms with Gasteiger partial charge in [0.1, 0.15) is 11.6 Å². The van der Waals surface area contributed by atoms with Crippen molar-refractivity contribution in [1.82, 2.24) is 10.6 Å². The van der Waals surface area contributed by atoms with Gasteiger partial charge in [0.2, 0.25) is 6.79 Å². The van der Waals surface area contributed by atoms with E-state index in [1.165, 1.54) is 12.1 Å². The monoisotopic (exact) mass is 460 g/mol. The van der Waals surface area contributed by atoms with Gasteiger partial charge in [-0.3, -0.25) is 9.59 Å². The molecule has 2 amide bonds. The van der Waals surface area contributed by atoms with Crippen molar-refractivity contribution in [2.24, 2.45) is 11.8 Å². The van der Waals surface area contributed by atoms with E-state index in [9.17, 15) is 14.0 Å². The minimum atomic E-state index is -0.600. The molecule has 3 saturated carbocycles. The van der Waals surface area contributed by atoms with Gasteiger partial charge in [0.15, 0.2) is 18.1 Å². The maximum absolute atomic E-state index is 13.5. The van der Waals surface area contributed by atoms with Crippen molar-refractivity contribution in [1.29, 1.82) is 0 Å². The summed E-state index contributed by atoms with van der Waals surface area (Å²) in [6.45, 7) is -0.121. The summed E-state index contributed by atoms with van der Waals surface area (Å²) in [6.07, 6.45) is 2.55. The summed E-state index contributed by atoms with van der Waals surface area (Å²) in [5.74, 6) is 0.969. The second-order valence-corrected chi connectivity index (χ2v) is 8.79. The molecule has 7 nitrogen and oxygen atoms in total. The van der Waals surface area contributed by atoms with Crippen LogP contribution in [0.1, 0.15) is 29.6 Å². The summed E-state index contributed by atoms with van der Waals surface area (Å²) in [7, 11) is 0. The lowest BCUT2D eigenvalue weighted by Crippen LogP contribution is -2.60. The van der Waals surface area contributed by atoms with Crippen LogP contribution in [0, 0.1) is 17.7 Å². The summed E-state index contributed by atoms with van der Waals surface area (Å²) in [6, 6.07) is 9.19. The van der Waals surface area contributed by atoms with Crippen molar-refractivity contribution in [2.75, 3.05) is 13.4 Å². The van der Waals surface area contributed by atoms with Gasteiger partial charge < -0.3 is 24.8 Å². The van der Waals surface area contributed by atoms with Gasteiger partial charge in [0.25, 0.3) is 11.8 Å². The topological polar surface area (TPSA) is 85.9 Å². The molecule has 0 radical (unpaired) electrons. The first kappa shape index (κ1) is 20.9. The molecule has 168 valence electrons. The second-order valence-electron chi connectivity index (χ2n) is 8.39. The third kappa shape index (κ3) is 4.07. The molecule has 1 unspecified atom stereocenters. The van der Waals surface area contributed by atoms with Crippen LogP contribution in [-0.2, 0) is 4.79 Å². The number of carbonyl (C=O) groups excluding carboxylic acids is 2. The number of nitrogens with one attached hydrogen (secondary N) is 2. The van der Waals surface area contributed by atoms with Crippen molar-refractivity contribution < 1.29 is 28.2 Å². The number of ether oxygens (including phenoxy) is 3. The Morgan fingerprint density at radius 1 is 1.06 bits per heavy atom. The van der Waals surface area contributed by atoms with E-state index < -0.39 is 5.82 Å². The lowest BCUT2D eigenvalue weighted by molar-refractivity contribution is -0.125. The molecule has 4 aliphatic rings. The number of benzene rings is 2. The van der Waals surface area contributed by atoms with E-state index in [-0.39, 0.29) is 48.1 Å². The zero-order chi connectivity index (χ0) is 22.2.